The summed E-state index contributed by atoms with van der Waals surface area (Å²) >= 11 is 1.08. The summed E-state index contributed by atoms with van der Waals surface area (Å²) in [5, 5.41) is 13.5. The first-order chi connectivity index (χ1) is 18.8. The lowest BCUT2D eigenvalue weighted by Crippen LogP contribution is -2.14. The fraction of sp³-hybridized carbons (Fsp3) is 0.156. The predicted octanol–water partition coefficient (Wildman–Crippen LogP) is 7.26. The van der Waals surface area contributed by atoms with Crippen LogP contribution in [0.2, 0.25) is 0 Å². The Balaban J connectivity index is 1.54. The van der Waals surface area contributed by atoms with Crippen molar-refractivity contribution in [3.8, 4) is 5.69 Å². The van der Waals surface area contributed by atoms with Gasteiger partial charge in [0, 0.05) is 22.6 Å². The van der Waals surface area contributed by atoms with Crippen LogP contribution < -0.4 is 0 Å². The average Bonchev–Trinajstić information content (AvgIpc) is 3.38. The van der Waals surface area contributed by atoms with E-state index in [1.165, 1.54) is 5.39 Å². The summed E-state index contributed by atoms with van der Waals surface area (Å²) in [5.41, 5.74) is 5.22. The van der Waals surface area contributed by atoms with Gasteiger partial charge in [-0.15, -0.1) is 0 Å². The highest BCUT2D eigenvalue weighted by atomic mass is 32.2. The van der Waals surface area contributed by atoms with Gasteiger partial charge < -0.3 is 14.4 Å². The lowest BCUT2D eigenvalue weighted by atomic mass is 10.1. The number of ether oxygens (including phenoxy) is 1. The van der Waals surface area contributed by atoms with Gasteiger partial charge in [0.05, 0.1) is 11.5 Å². The van der Waals surface area contributed by atoms with Gasteiger partial charge >= 0.3 is 5.97 Å². The van der Waals surface area contributed by atoms with E-state index in [-0.39, 0.29) is 23.0 Å². The van der Waals surface area contributed by atoms with Crippen LogP contribution in [0, 0.1) is 20.8 Å². The van der Waals surface area contributed by atoms with E-state index in [1.807, 2.05) is 57.2 Å². The SMILES string of the molecule is CCOC(=O)C1=C(O)/C(=C/c2cc(C)n(-c3ccc4ccccc4c3)c2C)SC1=NC(=O)c1ccc(C)cc1. The van der Waals surface area contributed by atoms with Gasteiger partial charge in [-0.25, -0.2) is 9.79 Å². The second kappa shape index (κ2) is 10.8. The number of benzene rings is 3. The molecule has 1 N–H and O–H groups in total. The molecule has 0 unspecified atom stereocenters. The number of nitrogens with zero attached hydrogens (tertiary/aromatic N) is 2. The number of rotatable bonds is 5. The molecule has 6 nitrogen and oxygen atoms in total. The molecule has 0 spiro atoms. The topological polar surface area (TPSA) is 80.9 Å². The van der Waals surface area contributed by atoms with E-state index in [1.54, 1.807) is 19.1 Å². The van der Waals surface area contributed by atoms with Gasteiger partial charge in [0.15, 0.2) is 0 Å². The monoisotopic (exact) mass is 536 g/mol. The van der Waals surface area contributed by atoms with Crippen LogP contribution >= 0.6 is 11.8 Å². The Morgan fingerprint density at radius 3 is 2.41 bits per heavy atom. The van der Waals surface area contributed by atoms with Crippen LogP contribution in [0.15, 0.2) is 94.0 Å². The lowest BCUT2D eigenvalue weighted by Gasteiger charge is -2.11. The molecule has 1 aromatic heterocycles. The number of hydrogen-bond donors (Lipinski definition) is 1. The summed E-state index contributed by atoms with van der Waals surface area (Å²) in [5.74, 6) is -1.46. The van der Waals surface area contributed by atoms with E-state index in [9.17, 15) is 14.7 Å². The van der Waals surface area contributed by atoms with Crippen molar-refractivity contribution in [3.05, 3.63) is 117 Å². The number of carbonyl (C=O) groups is 2. The Bertz CT molecular complexity index is 1710. The minimum Gasteiger partial charge on any atom is -0.506 e. The van der Waals surface area contributed by atoms with E-state index >= 15 is 0 Å². The molecule has 39 heavy (non-hydrogen) atoms. The summed E-state index contributed by atoms with van der Waals surface area (Å²) in [4.78, 5) is 30.3. The molecule has 0 bridgehead atoms. The van der Waals surface area contributed by atoms with Gasteiger partial charge in [0.2, 0.25) is 0 Å². The maximum atomic E-state index is 12.9. The van der Waals surface area contributed by atoms with E-state index in [0.717, 1.165) is 45.4 Å². The number of aliphatic hydroxyl groups is 1. The number of esters is 1. The Morgan fingerprint density at radius 1 is 0.974 bits per heavy atom. The standard InChI is InChI=1S/C32H28N2O4S/c1-5-38-32(37)28-29(35)27(39-31(28)33-30(36)23-12-10-19(2)11-13-23)18-25-16-20(3)34(21(25)4)26-15-14-22-8-6-7-9-24(22)17-26/h6-18,35H,5H2,1-4H3/b27-18-,33-31?. The number of aromatic nitrogens is 1. The third kappa shape index (κ3) is 5.18. The number of thioether (sulfide) groups is 1. The van der Waals surface area contributed by atoms with Crippen LogP contribution in [-0.2, 0) is 9.53 Å². The number of aryl methyl sites for hydroxylation is 2. The zero-order valence-corrected chi connectivity index (χ0v) is 23.0. The van der Waals surface area contributed by atoms with Crippen LogP contribution in [0.3, 0.4) is 0 Å². The molecule has 0 saturated carbocycles. The molecule has 7 heteroatoms. The average molecular weight is 537 g/mol. The van der Waals surface area contributed by atoms with Crippen LogP contribution in [0.4, 0.5) is 0 Å². The highest BCUT2D eigenvalue weighted by Crippen LogP contribution is 2.40. The summed E-state index contributed by atoms with van der Waals surface area (Å²) in [7, 11) is 0. The maximum absolute atomic E-state index is 12.9. The highest BCUT2D eigenvalue weighted by molar-refractivity contribution is 8.18. The number of aliphatic imine (C=N–C) groups is 1. The zero-order chi connectivity index (χ0) is 27.7. The summed E-state index contributed by atoms with van der Waals surface area (Å²) in [6, 6.07) is 23.6. The number of carbonyl (C=O) groups excluding carboxylic acids is 2. The largest absolute Gasteiger partial charge is 0.506 e. The molecule has 1 aliphatic rings. The summed E-state index contributed by atoms with van der Waals surface area (Å²) in [6.45, 7) is 7.78. The molecule has 5 rings (SSSR count). The van der Waals surface area contributed by atoms with Crippen molar-refractivity contribution < 1.29 is 19.4 Å². The second-order valence-corrected chi connectivity index (χ2v) is 10.4. The molecule has 4 aromatic rings. The van der Waals surface area contributed by atoms with Crippen molar-refractivity contribution in [2.24, 2.45) is 4.99 Å². The number of fused-ring (bicyclic) bond motifs is 1. The fourth-order valence-electron chi connectivity index (χ4n) is 4.63. The number of amides is 1. The molecule has 1 aliphatic heterocycles. The molecule has 2 heterocycles. The van der Waals surface area contributed by atoms with Gasteiger partial charge in [-0.1, -0.05) is 59.8 Å². The van der Waals surface area contributed by atoms with Crippen molar-refractivity contribution in [2.45, 2.75) is 27.7 Å². The van der Waals surface area contributed by atoms with Crippen molar-refractivity contribution in [1.82, 2.24) is 4.57 Å². The zero-order valence-electron chi connectivity index (χ0n) is 22.2. The molecule has 0 fully saturated rings. The second-order valence-electron chi connectivity index (χ2n) is 9.34. The first-order valence-electron chi connectivity index (χ1n) is 12.6. The molecular formula is C32H28N2O4S. The summed E-state index contributed by atoms with van der Waals surface area (Å²) in [6.07, 6.45) is 1.82. The maximum Gasteiger partial charge on any atom is 0.344 e. The van der Waals surface area contributed by atoms with Crippen molar-refractivity contribution in [3.63, 3.8) is 0 Å². The smallest absolute Gasteiger partial charge is 0.344 e. The highest BCUT2D eigenvalue weighted by Gasteiger charge is 2.34. The molecule has 196 valence electrons. The molecule has 0 radical (unpaired) electrons. The predicted molar refractivity (Wildman–Crippen MR) is 158 cm³/mol. The van der Waals surface area contributed by atoms with Crippen LogP contribution in [0.5, 0.6) is 0 Å². The minimum atomic E-state index is -0.719. The van der Waals surface area contributed by atoms with Crippen molar-refractivity contribution >= 4 is 45.5 Å². The third-order valence-electron chi connectivity index (χ3n) is 6.62. The fourth-order valence-corrected chi connectivity index (χ4v) is 5.64. The first kappa shape index (κ1) is 26.3. The van der Waals surface area contributed by atoms with Crippen LogP contribution in [-0.4, -0.2) is 33.2 Å². The van der Waals surface area contributed by atoms with Crippen LogP contribution in [0.1, 0.15) is 39.8 Å². The van der Waals surface area contributed by atoms with E-state index in [4.69, 9.17) is 4.74 Å². The van der Waals surface area contributed by atoms with E-state index in [2.05, 4.69) is 39.9 Å². The first-order valence-corrected chi connectivity index (χ1v) is 13.5. The quantitative estimate of drug-likeness (QED) is 0.272. The Kier molecular flexibility index (Phi) is 7.26. The molecular weight excluding hydrogens is 508 g/mol. The van der Waals surface area contributed by atoms with E-state index in [0.29, 0.717) is 10.5 Å². The van der Waals surface area contributed by atoms with Gasteiger partial charge in [0.1, 0.15) is 16.4 Å². The number of aliphatic hydroxyl groups excluding tert-OH is 1. The Hall–Kier alpha value is -4.36. The molecule has 1 amide bonds. The van der Waals surface area contributed by atoms with Gasteiger partial charge in [-0.05, 0) is 80.4 Å². The minimum absolute atomic E-state index is 0.100. The number of hydrogen-bond acceptors (Lipinski definition) is 5. The molecule has 0 aliphatic carbocycles. The van der Waals surface area contributed by atoms with E-state index < -0.39 is 11.9 Å². The van der Waals surface area contributed by atoms with Gasteiger partial charge in [-0.3, -0.25) is 4.79 Å². The third-order valence-corrected chi connectivity index (χ3v) is 7.64. The van der Waals surface area contributed by atoms with Crippen molar-refractivity contribution in [2.75, 3.05) is 6.61 Å². The summed E-state index contributed by atoms with van der Waals surface area (Å²) < 4.78 is 7.33. The van der Waals surface area contributed by atoms with Crippen LogP contribution in [0.25, 0.3) is 22.5 Å². The lowest BCUT2D eigenvalue weighted by molar-refractivity contribution is -0.138. The molecule has 0 atom stereocenters. The Morgan fingerprint density at radius 2 is 1.69 bits per heavy atom. The van der Waals surface area contributed by atoms with Crippen molar-refractivity contribution in [1.29, 1.82) is 0 Å². The van der Waals surface area contributed by atoms with Gasteiger partial charge in [0.25, 0.3) is 5.91 Å². The Labute approximate surface area is 231 Å². The molecule has 0 saturated heterocycles. The van der Waals surface area contributed by atoms with Gasteiger partial charge in [-0.2, -0.15) is 0 Å². The molecule has 3 aromatic carbocycles. The normalized spacial score (nSPS) is 15.5.